The maximum Gasteiger partial charge on any atom is 0.422 e. The lowest BCUT2D eigenvalue weighted by Gasteiger charge is -2.19. The lowest BCUT2D eigenvalue weighted by molar-refractivity contribution is -0.154. The molecule has 1 aliphatic rings. The lowest BCUT2D eigenvalue weighted by Crippen LogP contribution is -2.23. The van der Waals surface area contributed by atoms with Gasteiger partial charge in [-0.1, -0.05) is 48.0 Å². The number of ketones is 2. The van der Waals surface area contributed by atoms with E-state index in [2.05, 4.69) is 20.3 Å². The van der Waals surface area contributed by atoms with Crippen molar-refractivity contribution in [2.45, 2.75) is 69.3 Å². The van der Waals surface area contributed by atoms with Gasteiger partial charge in [0, 0.05) is 29.8 Å². The fourth-order valence-corrected chi connectivity index (χ4v) is 5.44. The van der Waals surface area contributed by atoms with Gasteiger partial charge in [0.1, 0.15) is 17.4 Å². The largest absolute Gasteiger partial charge is 0.454 e. The topological polar surface area (TPSA) is 128 Å². The van der Waals surface area contributed by atoms with Crippen LogP contribution in [0.3, 0.4) is 0 Å². The number of alkyl halides is 3. The highest BCUT2D eigenvalue weighted by Crippen LogP contribution is 2.48. The van der Waals surface area contributed by atoms with Gasteiger partial charge in [-0.3, -0.25) is 9.59 Å². The van der Waals surface area contributed by atoms with Crippen LogP contribution in [-0.2, 0) is 26.6 Å². The molecule has 0 bridgehead atoms. The summed E-state index contributed by atoms with van der Waals surface area (Å²) < 4.78 is 67.2. The molecule has 1 aromatic heterocycles. The van der Waals surface area contributed by atoms with Gasteiger partial charge in [0.15, 0.2) is 22.2 Å². The minimum Gasteiger partial charge on any atom is -0.454 e. The first kappa shape index (κ1) is 33.3. The number of hydrogen-bond donors (Lipinski definition) is 1. The first-order valence-electron chi connectivity index (χ1n) is 14.0. The van der Waals surface area contributed by atoms with E-state index in [-0.39, 0.29) is 43.2 Å². The lowest BCUT2D eigenvalue weighted by atomic mass is 10.0. The summed E-state index contributed by atoms with van der Waals surface area (Å²) in [5.41, 5.74) is 1.54. The van der Waals surface area contributed by atoms with Crippen LogP contribution in [0, 0.1) is 0 Å². The number of anilines is 1. The number of benzene rings is 2. The quantitative estimate of drug-likeness (QED) is 0.199. The highest BCUT2D eigenvalue weighted by Gasteiger charge is 2.45. The van der Waals surface area contributed by atoms with Crippen LogP contribution in [0.15, 0.2) is 48.5 Å². The Kier molecular flexibility index (Phi) is 10.3. The van der Waals surface area contributed by atoms with E-state index < -0.39 is 51.0 Å². The number of carbonyl (C=O) groups is 2. The van der Waals surface area contributed by atoms with Crippen molar-refractivity contribution < 1.29 is 35.9 Å². The normalized spacial score (nSPS) is 14.3. The second-order valence-electron chi connectivity index (χ2n) is 11.0. The SMILES string of the molecule is CC(C)S(=O)(=O)CC(=O)CCCC(=O)c1ccc(Cc2nc(NC3(c4ccc(Cl)cc4)CC3)nc(OCC(F)(F)F)n2)cc1. The van der Waals surface area contributed by atoms with Gasteiger partial charge < -0.3 is 10.1 Å². The molecule has 0 atom stereocenters. The third-order valence-corrected chi connectivity index (χ3v) is 9.51. The zero-order valence-electron chi connectivity index (χ0n) is 24.2. The van der Waals surface area contributed by atoms with Gasteiger partial charge in [-0.25, -0.2) is 8.42 Å². The molecule has 0 saturated heterocycles. The average molecular weight is 653 g/mol. The van der Waals surface area contributed by atoms with Crippen molar-refractivity contribution in [3.8, 4) is 6.01 Å². The fraction of sp³-hybridized carbons (Fsp3) is 0.433. The summed E-state index contributed by atoms with van der Waals surface area (Å²) in [5.74, 6) is -0.926. The smallest absolute Gasteiger partial charge is 0.422 e. The second-order valence-corrected chi connectivity index (χ2v) is 14.0. The van der Waals surface area contributed by atoms with E-state index in [1.54, 1.807) is 36.4 Å². The van der Waals surface area contributed by atoms with E-state index in [1.807, 2.05) is 12.1 Å². The molecule has 4 rings (SSSR count). The number of hydrogen-bond acceptors (Lipinski definition) is 9. The predicted molar refractivity (Wildman–Crippen MR) is 159 cm³/mol. The molecule has 9 nitrogen and oxygen atoms in total. The number of sulfone groups is 1. The van der Waals surface area contributed by atoms with Crippen molar-refractivity contribution in [1.82, 2.24) is 15.0 Å². The number of nitrogens with zero attached hydrogens (tertiary/aromatic N) is 3. The number of nitrogens with one attached hydrogen (secondary N) is 1. The zero-order chi connectivity index (χ0) is 32.1. The summed E-state index contributed by atoms with van der Waals surface area (Å²) in [6.07, 6.45) is -2.64. The van der Waals surface area contributed by atoms with Crippen molar-refractivity contribution in [2.75, 3.05) is 17.7 Å². The first-order valence-corrected chi connectivity index (χ1v) is 16.1. The minimum absolute atomic E-state index is 0.0103. The molecule has 2 aromatic carbocycles. The Morgan fingerprint density at radius 3 is 2.25 bits per heavy atom. The molecule has 44 heavy (non-hydrogen) atoms. The van der Waals surface area contributed by atoms with Crippen LogP contribution in [-0.4, -0.2) is 58.7 Å². The number of carbonyl (C=O) groups excluding carboxylic acids is 2. The number of aromatic nitrogens is 3. The molecule has 1 N–H and O–H groups in total. The third-order valence-electron chi connectivity index (χ3n) is 7.10. The Morgan fingerprint density at radius 1 is 1.00 bits per heavy atom. The molecule has 1 heterocycles. The summed E-state index contributed by atoms with van der Waals surface area (Å²) in [4.78, 5) is 37.2. The molecule has 0 unspecified atom stereocenters. The molecular weight excluding hydrogens is 621 g/mol. The number of rotatable bonds is 15. The van der Waals surface area contributed by atoms with Crippen molar-refractivity contribution in [3.63, 3.8) is 0 Å². The Bertz CT molecular complexity index is 1590. The molecule has 1 aliphatic carbocycles. The van der Waals surface area contributed by atoms with Crippen LogP contribution in [0.1, 0.15) is 73.3 Å². The van der Waals surface area contributed by atoms with Gasteiger partial charge >= 0.3 is 12.2 Å². The van der Waals surface area contributed by atoms with Crippen LogP contribution in [0.4, 0.5) is 19.1 Å². The maximum absolute atomic E-state index is 12.8. The molecule has 0 aliphatic heterocycles. The van der Waals surface area contributed by atoms with Crippen LogP contribution in [0.25, 0.3) is 0 Å². The molecular formula is C30H32ClF3N4O5S. The van der Waals surface area contributed by atoms with E-state index in [1.165, 1.54) is 13.8 Å². The predicted octanol–water partition coefficient (Wildman–Crippen LogP) is 5.90. The molecule has 14 heteroatoms. The minimum atomic E-state index is -4.58. The van der Waals surface area contributed by atoms with Gasteiger partial charge in [-0.05, 0) is 56.4 Å². The van der Waals surface area contributed by atoms with Crippen LogP contribution in [0.2, 0.25) is 5.02 Å². The molecule has 1 fully saturated rings. The van der Waals surface area contributed by atoms with Crippen LogP contribution in [0.5, 0.6) is 6.01 Å². The highest BCUT2D eigenvalue weighted by molar-refractivity contribution is 7.92. The van der Waals surface area contributed by atoms with E-state index in [4.69, 9.17) is 16.3 Å². The Balaban J connectivity index is 1.42. The third kappa shape index (κ3) is 9.46. The van der Waals surface area contributed by atoms with Gasteiger partial charge in [0.05, 0.1) is 10.8 Å². The first-order chi connectivity index (χ1) is 20.6. The monoisotopic (exact) mass is 652 g/mol. The molecule has 0 amide bonds. The summed E-state index contributed by atoms with van der Waals surface area (Å²) >= 11 is 6.01. The van der Waals surface area contributed by atoms with E-state index in [9.17, 15) is 31.2 Å². The number of Topliss-reactive ketones (excluding diaryl/α,β-unsaturated/α-hetero) is 2. The summed E-state index contributed by atoms with van der Waals surface area (Å²) in [5, 5.41) is 3.16. The summed E-state index contributed by atoms with van der Waals surface area (Å²) in [6.45, 7) is 1.46. The van der Waals surface area contributed by atoms with Gasteiger partial charge in [0.2, 0.25) is 5.95 Å². The van der Waals surface area contributed by atoms with Gasteiger partial charge in [-0.15, -0.1) is 0 Å². The number of halogens is 4. The van der Waals surface area contributed by atoms with Crippen LogP contribution >= 0.6 is 11.6 Å². The molecule has 1 saturated carbocycles. The molecule has 0 spiro atoms. The van der Waals surface area contributed by atoms with Crippen molar-refractivity contribution in [3.05, 3.63) is 76.1 Å². The second kappa shape index (κ2) is 13.6. The summed E-state index contributed by atoms with van der Waals surface area (Å²) in [6, 6.07) is 13.3. The fourth-order valence-electron chi connectivity index (χ4n) is 4.38. The Morgan fingerprint density at radius 2 is 1.66 bits per heavy atom. The molecule has 236 valence electrons. The van der Waals surface area contributed by atoms with E-state index >= 15 is 0 Å². The average Bonchev–Trinajstić information content (AvgIpc) is 3.72. The maximum atomic E-state index is 12.8. The molecule has 0 radical (unpaired) electrons. The van der Waals surface area contributed by atoms with Crippen molar-refractivity contribution in [1.29, 1.82) is 0 Å². The summed E-state index contributed by atoms with van der Waals surface area (Å²) in [7, 11) is -3.48. The highest BCUT2D eigenvalue weighted by atomic mass is 35.5. The van der Waals surface area contributed by atoms with E-state index in [0.717, 1.165) is 18.4 Å². The number of ether oxygens (including phenoxy) is 1. The van der Waals surface area contributed by atoms with Crippen molar-refractivity contribution >= 4 is 39.0 Å². The van der Waals surface area contributed by atoms with Gasteiger partial charge in [-0.2, -0.15) is 28.1 Å². The van der Waals surface area contributed by atoms with Crippen molar-refractivity contribution in [2.24, 2.45) is 0 Å². The Hall–Kier alpha value is -3.58. The Labute approximate surface area is 258 Å². The van der Waals surface area contributed by atoms with Gasteiger partial charge in [0.25, 0.3) is 0 Å². The van der Waals surface area contributed by atoms with E-state index in [0.29, 0.717) is 16.1 Å². The molecule has 3 aromatic rings. The standard InChI is InChI=1S/C30H32ClF3N4O5S/c1-19(2)44(41,42)17-24(39)4-3-5-25(40)21-8-6-20(7-9-21)16-26-35-27(37-28(36-26)43-18-30(32,33)34)38-29(14-15-29)22-10-12-23(31)13-11-22/h6-13,19H,3-5,14-18H2,1-2H3,(H,35,36,37,38). The zero-order valence-corrected chi connectivity index (χ0v) is 25.7. The van der Waals surface area contributed by atoms with Crippen LogP contribution < -0.4 is 10.1 Å².